The van der Waals surface area contributed by atoms with Crippen molar-refractivity contribution in [3.05, 3.63) is 29.5 Å². The molecule has 2 aliphatic rings. The molecule has 182 valence electrons. The van der Waals surface area contributed by atoms with Crippen LogP contribution < -0.4 is 5.32 Å². The molecule has 1 amide bonds. The molecule has 2 aliphatic heterocycles. The number of hydrogen-bond donors (Lipinski definition) is 1. The van der Waals surface area contributed by atoms with Crippen LogP contribution in [0.15, 0.2) is 27.5 Å². The molecule has 2 aromatic rings. The summed E-state index contributed by atoms with van der Waals surface area (Å²) in [7, 11) is -3.59. The van der Waals surface area contributed by atoms with E-state index in [0.29, 0.717) is 48.0 Å². The van der Waals surface area contributed by atoms with Crippen molar-refractivity contribution < 1.29 is 17.6 Å². The van der Waals surface area contributed by atoms with Crippen molar-refractivity contribution >= 4 is 26.9 Å². The van der Waals surface area contributed by atoms with Crippen LogP contribution in [0.3, 0.4) is 0 Å². The molecule has 2 atom stereocenters. The van der Waals surface area contributed by atoms with Crippen molar-refractivity contribution in [2.75, 3.05) is 39.3 Å². The number of nitrogens with one attached hydrogen (secondary N) is 1. The Morgan fingerprint density at radius 1 is 1.12 bits per heavy atom. The fourth-order valence-corrected chi connectivity index (χ4v) is 7.00. The van der Waals surface area contributed by atoms with Crippen LogP contribution in [0.2, 0.25) is 0 Å². The Hall–Kier alpha value is -1.90. The Bertz CT molecular complexity index is 1080. The minimum atomic E-state index is -3.59. The van der Waals surface area contributed by atoms with Gasteiger partial charge in [-0.1, -0.05) is 20.3 Å². The molecule has 0 saturated carbocycles. The van der Waals surface area contributed by atoms with Crippen LogP contribution in [-0.4, -0.2) is 62.8 Å². The lowest BCUT2D eigenvalue weighted by molar-refractivity contribution is 0.0924. The highest BCUT2D eigenvalue weighted by Crippen LogP contribution is 2.31. The van der Waals surface area contributed by atoms with E-state index in [1.54, 1.807) is 22.5 Å². The molecule has 0 bridgehead atoms. The van der Waals surface area contributed by atoms with Crippen LogP contribution >= 0.6 is 0 Å². The Morgan fingerprint density at radius 3 is 2.52 bits per heavy atom. The van der Waals surface area contributed by atoms with Gasteiger partial charge in [0.05, 0.1) is 4.90 Å². The number of furan rings is 1. The van der Waals surface area contributed by atoms with Gasteiger partial charge in [0, 0.05) is 30.6 Å². The van der Waals surface area contributed by atoms with E-state index < -0.39 is 10.0 Å². The summed E-state index contributed by atoms with van der Waals surface area (Å²) in [6, 6.07) is 4.91. The van der Waals surface area contributed by atoms with Gasteiger partial charge in [-0.15, -0.1) is 0 Å². The van der Waals surface area contributed by atoms with Crippen molar-refractivity contribution in [3.8, 4) is 0 Å². The fraction of sp³-hybridized carbons (Fsp3) is 0.640. The van der Waals surface area contributed by atoms with Crippen LogP contribution in [0.4, 0.5) is 0 Å². The third-order valence-corrected chi connectivity index (χ3v) is 8.80. The van der Waals surface area contributed by atoms with Gasteiger partial charge < -0.3 is 14.6 Å². The predicted molar refractivity (Wildman–Crippen MR) is 130 cm³/mol. The number of amides is 1. The van der Waals surface area contributed by atoms with Crippen molar-refractivity contribution in [3.63, 3.8) is 0 Å². The SMILES string of the molecule is Cc1c(C(=O)NCCCN2CCCCC2)oc2ccc(S(=O)(=O)N3CC(C)CC(C)C3)cc12. The number of sulfonamides is 1. The van der Waals surface area contributed by atoms with E-state index in [0.717, 1.165) is 32.5 Å². The summed E-state index contributed by atoms with van der Waals surface area (Å²) in [5.41, 5.74) is 1.21. The average molecular weight is 476 g/mol. The maximum absolute atomic E-state index is 13.3. The van der Waals surface area contributed by atoms with Crippen LogP contribution in [0, 0.1) is 18.8 Å². The Morgan fingerprint density at radius 2 is 1.82 bits per heavy atom. The second-order valence-electron chi connectivity index (χ2n) is 9.99. The molecule has 0 aliphatic carbocycles. The average Bonchev–Trinajstić information content (AvgIpc) is 3.12. The van der Waals surface area contributed by atoms with E-state index in [1.165, 1.54) is 19.3 Å². The molecule has 3 heterocycles. The lowest BCUT2D eigenvalue weighted by Gasteiger charge is -2.34. The number of rotatable bonds is 7. The van der Waals surface area contributed by atoms with Crippen molar-refractivity contribution in [2.45, 2.75) is 57.8 Å². The molecule has 2 saturated heterocycles. The maximum atomic E-state index is 13.3. The largest absolute Gasteiger partial charge is 0.451 e. The fourth-order valence-electron chi connectivity index (χ4n) is 5.30. The van der Waals surface area contributed by atoms with E-state index in [-0.39, 0.29) is 16.6 Å². The van der Waals surface area contributed by atoms with Crippen LogP contribution in [0.5, 0.6) is 0 Å². The third kappa shape index (κ3) is 5.44. The topological polar surface area (TPSA) is 82.9 Å². The number of carbonyl (C=O) groups excluding carboxylic acids is 1. The van der Waals surface area contributed by atoms with E-state index >= 15 is 0 Å². The number of piperidine rings is 2. The Labute approximate surface area is 197 Å². The number of aryl methyl sites for hydroxylation is 1. The normalized spacial score (nSPS) is 23.1. The van der Waals surface area contributed by atoms with Gasteiger partial charge in [0.2, 0.25) is 10.0 Å². The van der Waals surface area contributed by atoms with Gasteiger partial charge in [0.25, 0.3) is 5.91 Å². The van der Waals surface area contributed by atoms with E-state index in [9.17, 15) is 13.2 Å². The lowest BCUT2D eigenvalue weighted by Crippen LogP contribution is -2.42. The van der Waals surface area contributed by atoms with Crippen LogP contribution in [0.25, 0.3) is 11.0 Å². The van der Waals surface area contributed by atoms with Gasteiger partial charge in [-0.05, 0) is 82.3 Å². The highest BCUT2D eigenvalue weighted by molar-refractivity contribution is 7.89. The molecule has 1 N–H and O–H groups in total. The molecular formula is C25H37N3O4S. The quantitative estimate of drug-likeness (QED) is 0.612. The van der Waals surface area contributed by atoms with Crippen molar-refractivity contribution in [2.24, 2.45) is 11.8 Å². The second kappa shape index (κ2) is 10.2. The molecule has 2 fully saturated rings. The van der Waals surface area contributed by atoms with Gasteiger partial charge in [-0.25, -0.2) is 8.42 Å². The molecule has 8 heteroatoms. The molecule has 0 spiro atoms. The molecule has 2 unspecified atom stereocenters. The van der Waals surface area contributed by atoms with Gasteiger partial charge in [0.15, 0.2) is 5.76 Å². The molecule has 7 nitrogen and oxygen atoms in total. The van der Waals surface area contributed by atoms with Crippen LogP contribution in [-0.2, 0) is 10.0 Å². The number of nitrogens with zero attached hydrogens (tertiary/aromatic N) is 2. The highest BCUT2D eigenvalue weighted by Gasteiger charge is 2.32. The first-order valence-corrected chi connectivity index (χ1v) is 13.7. The monoisotopic (exact) mass is 475 g/mol. The summed E-state index contributed by atoms with van der Waals surface area (Å²) >= 11 is 0. The molecular weight excluding hydrogens is 438 g/mol. The van der Waals surface area contributed by atoms with Gasteiger partial charge in [0.1, 0.15) is 5.58 Å². The summed E-state index contributed by atoms with van der Waals surface area (Å²) < 4.78 is 34.0. The number of fused-ring (bicyclic) bond motifs is 1. The maximum Gasteiger partial charge on any atom is 0.287 e. The standard InChI is InChI=1S/C25H37N3O4S/c1-18-14-19(2)17-28(16-18)33(30,31)21-8-9-23-22(15-21)20(3)24(32-23)25(29)26-10-7-13-27-11-5-4-6-12-27/h8-9,15,18-19H,4-7,10-14,16-17H2,1-3H3,(H,26,29). The number of benzene rings is 1. The summed E-state index contributed by atoms with van der Waals surface area (Å²) in [6.45, 7) is 11.0. The lowest BCUT2D eigenvalue weighted by atomic mass is 9.94. The van der Waals surface area contributed by atoms with Gasteiger partial charge >= 0.3 is 0 Å². The highest BCUT2D eigenvalue weighted by atomic mass is 32.2. The minimum absolute atomic E-state index is 0.245. The minimum Gasteiger partial charge on any atom is -0.451 e. The smallest absolute Gasteiger partial charge is 0.287 e. The summed E-state index contributed by atoms with van der Waals surface area (Å²) in [5.74, 6) is 0.699. The number of carbonyl (C=O) groups is 1. The van der Waals surface area contributed by atoms with E-state index in [4.69, 9.17) is 4.42 Å². The summed E-state index contributed by atoms with van der Waals surface area (Å²) in [4.78, 5) is 15.5. The Balaban J connectivity index is 1.44. The molecule has 4 rings (SSSR count). The third-order valence-electron chi connectivity index (χ3n) is 6.97. The van der Waals surface area contributed by atoms with E-state index in [2.05, 4.69) is 24.1 Å². The van der Waals surface area contributed by atoms with Crippen molar-refractivity contribution in [1.82, 2.24) is 14.5 Å². The predicted octanol–water partition coefficient (Wildman–Crippen LogP) is 4.01. The zero-order valence-corrected chi connectivity index (χ0v) is 20.9. The Kier molecular flexibility index (Phi) is 7.46. The zero-order chi connectivity index (χ0) is 23.6. The first-order valence-electron chi connectivity index (χ1n) is 12.3. The van der Waals surface area contributed by atoms with Crippen molar-refractivity contribution in [1.29, 1.82) is 0 Å². The molecule has 1 aromatic heterocycles. The molecule has 33 heavy (non-hydrogen) atoms. The first kappa shape index (κ1) is 24.2. The summed E-state index contributed by atoms with van der Waals surface area (Å²) in [5, 5.41) is 3.63. The molecule has 1 aromatic carbocycles. The second-order valence-corrected chi connectivity index (χ2v) is 11.9. The van der Waals surface area contributed by atoms with Gasteiger partial charge in [-0.2, -0.15) is 4.31 Å². The van der Waals surface area contributed by atoms with E-state index in [1.807, 2.05) is 6.92 Å². The first-order chi connectivity index (χ1) is 15.8. The number of likely N-dealkylation sites (tertiary alicyclic amines) is 1. The summed E-state index contributed by atoms with van der Waals surface area (Å²) in [6.07, 6.45) is 5.79. The van der Waals surface area contributed by atoms with Gasteiger partial charge in [-0.3, -0.25) is 4.79 Å². The zero-order valence-electron chi connectivity index (χ0n) is 20.1. The van der Waals surface area contributed by atoms with Crippen LogP contribution in [0.1, 0.15) is 62.1 Å². The molecule has 0 radical (unpaired) electrons. The number of hydrogen-bond acceptors (Lipinski definition) is 5.